The minimum absolute atomic E-state index is 0. The van der Waals surface area contributed by atoms with Gasteiger partial charge in [-0.25, -0.2) is 4.98 Å². The first-order chi connectivity index (χ1) is 22.2. The molecule has 0 unspecified atom stereocenters. The molecule has 0 fully saturated rings. The molecule has 48 heavy (non-hydrogen) atoms. The van der Waals surface area contributed by atoms with E-state index in [0.717, 1.165) is 47.2 Å². The topological polar surface area (TPSA) is 63.1 Å². The summed E-state index contributed by atoms with van der Waals surface area (Å²) >= 11 is 5.40. The number of hydrogen-bond acceptors (Lipinski definition) is 7. The Morgan fingerprint density at radius 3 is 2.17 bits per heavy atom. The van der Waals surface area contributed by atoms with Crippen molar-refractivity contribution in [2.75, 3.05) is 0 Å². The van der Waals surface area contributed by atoms with Gasteiger partial charge in [0.15, 0.2) is 5.78 Å². The van der Waals surface area contributed by atoms with E-state index >= 15 is 0 Å². The number of benzene rings is 2. The van der Waals surface area contributed by atoms with Crippen molar-refractivity contribution in [3.05, 3.63) is 70.4 Å². The van der Waals surface area contributed by atoms with Crippen LogP contribution in [0.5, 0.6) is 0 Å². The maximum absolute atomic E-state index is 12.2. The molecule has 0 atom stereocenters. The van der Waals surface area contributed by atoms with Crippen LogP contribution >= 0.6 is 34.0 Å². The largest absolute Gasteiger partial charge is 0.512 e. The maximum Gasteiger partial charge on any atom is 0.164 e. The zero-order chi connectivity index (χ0) is 34.3. The number of fused-ring (bicyclic) bond motifs is 5. The van der Waals surface area contributed by atoms with E-state index < -0.39 is 0 Å². The van der Waals surface area contributed by atoms with E-state index in [0.29, 0.717) is 0 Å². The molecule has 0 amide bonds. The summed E-state index contributed by atoms with van der Waals surface area (Å²) in [6, 6.07) is 12.7. The molecule has 0 spiro atoms. The SMILES string of the molecule is CCC(C)(CC)C(=O)/C=C(\O)C(C)(CC)CC.Cc1csc2cc3sc4c(-c5[c-]c6ccsc6c(C(C)(C)C)c5)ncnc4c3cc12.[Ir]. The minimum Gasteiger partial charge on any atom is -0.512 e. The van der Waals surface area contributed by atoms with Crippen molar-refractivity contribution >= 4 is 80.3 Å². The van der Waals surface area contributed by atoms with Crippen molar-refractivity contribution in [3.8, 4) is 11.3 Å². The molecule has 1 N–H and O–H groups in total. The van der Waals surface area contributed by atoms with Crippen LogP contribution in [0.1, 0.15) is 99.1 Å². The molecule has 0 aliphatic carbocycles. The van der Waals surface area contributed by atoms with Gasteiger partial charge in [0.1, 0.15) is 12.1 Å². The fraction of sp³-hybridized carbons (Fsp3) is 0.425. The first kappa shape index (κ1) is 38.3. The summed E-state index contributed by atoms with van der Waals surface area (Å²) in [5, 5.41) is 18.2. The number of aryl methyl sites for hydroxylation is 1. The van der Waals surface area contributed by atoms with Gasteiger partial charge in [-0.05, 0) is 76.6 Å². The van der Waals surface area contributed by atoms with Crippen molar-refractivity contribution in [1.82, 2.24) is 9.97 Å². The molecule has 1 radical (unpaired) electrons. The molecular formula is C40H47IrN2O2S3-. The van der Waals surface area contributed by atoms with Gasteiger partial charge >= 0.3 is 0 Å². The van der Waals surface area contributed by atoms with Crippen molar-refractivity contribution < 1.29 is 30.0 Å². The second-order valence-electron chi connectivity index (χ2n) is 14.2. The Balaban J connectivity index is 0.000000251. The number of allylic oxidation sites excluding steroid dienone is 2. The fourth-order valence-corrected chi connectivity index (χ4v) is 9.09. The standard InChI is InChI=1S/C25H19N2S3.C15H28O2.Ir/c1-13-11-29-19-10-20-17(9-16(13)19)22-24(30-20)21(26-12-27-22)15-7-14-5-6-28-23(14)18(8-15)25(2,3)4;1-7-14(5,8-2)12(16)11-13(17)15(6,9-3)10-4;/h5-6,8-12H,1-4H3;11,16H,7-10H2,1-6H3;/q-1;;/b;12-11-;. The third kappa shape index (κ3) is 7.20. The smallest absolute Gasteiger partial charge is 0.164 e. The molecule has 4 aromatic heterocycles. The van der Waals surface area contributed by atoms with Gasteiger partial charge in [-0.1, -0.05) is 73.4 Å². The van der Waals surface area contributed by atoms with Crippen molar-refractivity contribution in [2.24, 2.45) is 10.8 Å². The number of hydrogen-bond donors (Lipinski definition) is 1. The summed E-state index contributed by atoms with van der Waals surface area (Å²) in [6.45, 7) is 21.1. The number of aliphatic hydroxyl groups excluding tert-OH is 1. The molecule has 6 rings (SSSR count). The molecule has 0 aliphatic heterocycles. The molecule has 6 aromatic rings. The van der Waals surface area contributed by atoms with Crippen LogP contribution in [0.15, 0.2) is 53.2 Å². The van der Waals surface area contributed by atoms with Crippen molar-refractivity contribution in [2.45, 2.75) is 100 Å². The van der Waals surface area contributed by atoms with Gasteiger partial charge in [-0.3, -0.25) is 9.78 Å². The Morgan fingerprint density at radius 2 is 1.54 bits per heavy atom. The Morgan fingerprint density at radius 1 is 0.875 bits per heavy atom. The Labute approximate surface area is 311 Å². The first-order valence-corrected chi connectivity index (χ1v) is 19.2. The van der Waals surface area contributed by atoms with E-state index in [4.69, 9.17) is 9.97 Å². The zero-order valence-corrected chi connectivity index (χ0v) is 34.6. The molecular weight excluding hydrogens is 829 g/mol. The van der Waals surface area contributed by atoms with Gasteiger partial charge in [0.25, 0.3) is 0 Å². The number of ketones is 1. The van der Waals surface area contributed by atoms with E-state index in [-0.39, 0.29) is 47.9 Å². The van der Waals surface area contributed by atoms with E-state index in [1.54, 1.807) is 29.0 Å². The fourth-order valence-electron chi connectivity index (χ4n) is 5.79. The van der Waals surface area contributed by atoms with Crippen LogP contribution in [0.25, 0.3) is 51.7 Å². The van der Waals surface area contributed by atoms with Gasteiger partial charge in [-0.2, -0.15) is 11.3 Å². The molecule has 0 bridgehead atoms. The Kier molecular flexibility index (Phi) is 11.8. The molecule has 4 heterocycles. The summed E-state index contributed by atoms with van der Waals surface area (Å²) in [6.07, 6.45) is 6.46. The molecule has 2 aromatic carbocycles. The third-order valence-corrected chi connectivity index (χ3v) is 13.4. The zero-order valence-electron chi connectivity index (χ0n) is 29.8. The summed E-state index contributed by atoms with van der Waals surface area (Å²) in [5.41, 5.74) is 5.23. The van der Waals surface area contributed by atoms with E-state index in [1.165, 1.54) is 47.5 Å². The monoisotopic (exact) mass is 876 g/mol. The van der Waals surface area contributed by atoms with Gasteiger partial charge in [-0.15, -0.1) is 46.3 Å². The number of aromatic nitrogens is 2. The minimum atomic E-state index is -0.337. The second-order valence-corrected chi connectivity index (χ2v) is 17.1. The Hall–Kier alpha value is -2.48. The van der Waals surface area contributed by atoms with Crippen LogP contribution in [0.3, 0.4) is 0 Å². The first-order valence-electron chi connectivity index (χ1n) is 16.6. The second kappa shape index (κ2) is 14.8. The summed E-state index contributed by atoms with van der Waals surface area (Å²) < 4.78 is 5.08. The number of carbonyl (C=O) groups excluding carboxylic acids is 1. The Bertz CT molecular complexity index is 2100. The number of aliphatic hydroxyl groups is 1. The van der Waals surface area contributed by atoms with Crippen molar-refractivity contribution in [3.63, 3.8) is 0 Å². The average molecular weight is 876 g/mol. The number of thiophene rings is 3. The average Bonchev–Trinajstić information content (AvgIpc) is 3.78. The van der Waals surface area contributed by atoms with Crippen LogP contribution in [0.2, 0.25) is 0 Å². The van der Waals surface area contributed by atoms with E-state index in [9.17, 15) is 9.90 Å². The number of nitrogens with zero attached hydrogens (tertiary/aromatic N) is 2. The molecule has 4 nitrogen and oxygen atoms in total. The number of rotatable bonds is 8. The molecule has 8 heteroatoms. The predicted octanol–water partition coefficient (Wildman–Crippen LogP) is 13.0. The summed E-state index contributed by atoms with van der Waals surface area (Å²) in [7, 11) is 0. The third-order valence-electron chi connectivity index (χ3n) is 10.3. The molecule has 257 valence electrons. The summed E-state index contributed by atoms with van der Waals surface area (Å²) in [4.78, 5) is 21.6. The normalized spacial score (nSPS) is 12.8. The van der Waals surface area contributed by atoms with Gasteiger partial charge < -0.3 is 5.11 Å². The molecule has 0 saturated carbocycles. The van der Waals surface area contributed by atoms with Gasteiger partial charge in [0.2, 0.25) is 0 Å². The van der Waals surface area contributed by atoms with Crippen molar-refractivity contribution in [1.29, 1.82) is 0 Å². The van der Waals surface area contributed by atoms with Gasteiger partial charge in [0, 0.05) is 62.2 Å². The van der Waals surface area contributed by atoms with Crippen LogP contribution in [-0.4, -0.2) is 20.9 Å². The van der Waals surface area contributed by atoms with Gasteiger partial charge in [0.05, 0.1) is 5.52 Å². The van der Waals surface area contributed by atoms with Crippen LogP contribution in [0, 0.1) is 23.8 Å². The van der Waals surface area contributed by atoms with Crippen LogP contribution < -0.4 is 0 Å². The maximum atomic E-state index is 12.2. The number of carbonyl (C=O) groups is 1. The van der Waals surface area contributed by atoms with E-state index in [1.807, 2.05) is 52.9 Å². The summed E-state index contributed by atoms with van der Waals surface area (Å²) in [5.74, 6) is 0.286. The molecule has 0 saturated heterocycles. The quantitative estimate of drug-likeness (QED) is 0.0940. The van der Waals surface area contributed by atoms with Crippen LogP contribution in [0.4, 0.5) is 0 Å². The molecule has 0 aliphatic rings. The van der Waals surface area contributed by atoms with Crippen LogP contribution in [-0.2, 0) is 30.3 Å². The predicted molar refractivity (Wildman–Crippen MR) is 206 cm³/mol. The van der Waals surface area contributed by atoms with E-state index in [2.05, 4.69) is 68.8 Å².